The fourth-order valence-electron chi connectivity index (χ4n) is 2.42. The Labute approximate surface area is 172 Å². The number of carbonyl (C=O) groups excluding carboxylic acids is 3. The molecule has 2 rings (SSSR count). The predicted octanol–water partition coefficient (Wildman–Crippen LogP) is 1.95. The van der Waals surface area contributed by atoms with Gasteiger partial charge in [-0.1, -0.05) is 48.5 Å². The molecule has 2 unspecified atom stereocenters. The van der Waals surface area contributed by atoms with Gasteiger partial charge in [0.2, 0.25) is 6.10 Å². The molecule has 0 aliphatic heterocycles. The smallest absolute Gasteiger partial charge is 0.408 e. The first-order valence-electron chi connectivity index (χ1n) is 8.94. The fourth-order valence-corrected chi connectivity index (χ4v) is 2.42. The van der Waals surface area contributed by atoms with Gasteiger partial charge in [-0.15, -0.1) is 0 Å². The van der Waals surface area contributed by atoms with Crippen LogP contribution in [0.3, 0.4) is 0 Å². The lowest BCUT2D eigenvalue weighted by atomic mass is 10.1. The minimum atomic E-state index is -1.95. The molecule has 0 saturated carbocycles. The maximum Gasteiger partial charge on any atom is 0.408 e. The van der Waals surface area contributed by atoms with Gasteiger partial charge in [0.05, 0.1) is 0 Å². The maximum absolute atomic E-state index is 12.6. The number of esters is 1. The normalized spacial score (nSPS) is 12.2. The van der Waals surface area contributed by atoms with Crippen LogP contribution in [0.5, 0.6) is 5.75 Å². The van der Waals surface area contributed by atoms with Gasteiger partial charge in [0.25, 0.3) is 0 Å². The number of amides is 1. The molecule has 0 aromatic heterocycles. The molecule has 0 bridgehead atoms. The number of benzene rings is 2. The van der Waals surface area contributed by atoms with E-state index in [1.807, 2.05) is 0 Å². The van der Waals surface area contributed by atoms with Crippen LogP contribution in [0.4, 0.5) is 4.79 Å². The molecule has 9 nitrogen and oxygen atoms in total. The number of aliphatic carboxylic acids is 1. The molecule has 2 N–H and O–H groups in total. The Balaban J connectivity index is 2.08. The van der Waals surface area contributed by atoms with Gasteiger partial charge < -0.3 is 24.6 Å². The van der Waals surface area contributed by atoms with Crippen LogP contribution in [0.2, 0.25) is 0 Å². The lowest BCUT2D eigenvalue weighted by Crippen LogP contribution is -2.54. The summed E-state index contributed by atoms with van der Waals surface area (Å²) in [6.07, 6.45) is -2.99. The summed E-state index contributed by atoms with van der Waals surface area (Å²) in [5.74, 6) is -2.98. The summed E-state index contributed by atoms with van der Waals surface area (Å²) in [5, 5.41) is 11.5. The molecule has 0 aliphatic rings. The average molecular weight is 415 g/mol. The molecule has 0 fully saturated rings. The van der Waals surface area contributed by atoms with Crippen LogP contribution < -0.4 is 10.1 Å². The monoisotopic (exact) mass is 415 g/mol. The maximum atomic E-state index is 12.6. The highest BCUT2D eigenvalue weighted by molar-refractivity contribution is 5.94. The molecule has 1 amide bonds. The van der Waals surface area contributed by atoms with Gasteiger partial charge in [-0.25, -0.2) is 9.59 Å². The van der Waals surface area contributed by atoms with Crippen molar-refractivity contribution in [2.45, 2.75) is 25.7 Å². The number of ketones is 1. The van der Waals surface area contributed by atoms with Crippen molar-refractivity contribution < 1.29 is 38.5 Å². The van der Waals surface area contributed by atoms with Crippen LogP contribution in [0.15, 0.2) is 60.7 Å². The second-order valence-electron chi connectivity index (χ2n) is 6.12. The number of alkyl carbamates (subject to hydrolysis) is 1. The van der Waals surface area contributed by atoms with E-state index in [4.69, 9.17) is 14.2 Å². The second-order valence-corrected chi connectivity index (χ2v) is 6.12. The van der Waals surface area contributed by atoms with Gasteiger partial charge in [-0.3, -0.25) is 9.59 Å². The summed E-state index contributed by atoms with van der Waals surface area (Å²) >= 11 is 0. The Morgan fingerprint density at radius 3 is 2.13 bits per heavy atom. The summed E-state index contributed by atoms with van der Waals surface area (Å²) in [7, 11) is 0. The second kappa shape index (κ2) is 11.2. The van der Waals surface area contributed by atoms with Crippen molar-refractivity contribution in [3.05, 3.63) is 66.2 Å². The summed E-state index contributed by atoms with van der Waals surface area (Å²) in [5.41, 5.74) is 0.692. The number of ether oxygens (including phenoxy) is 3. The van der Waals surface area contributed by atoms with E-state index in [1.165, 1.54) is 0 Å². The lowest BCUT2D eigenvalue weighted by molar-refractivity contribution is -0.166. The number of carboxylic acids is 1. The minimum absolute atomic E-state index is 0.0978. The van der Waals surface area contributed by atoms with Gasteiger partial charge in [-0.05, 0) is 17.7 Å². The predicted molar refractivity (Wildman–Crippen MR) is 104 cm³/mol. The topological polar surface area (TPSA) is 128 Å². The van der Waals surface area contributed by atoms with E-state index in [0.29, 0.717) is 11.3 Å². The molecule has 0 spiro atoms. The lowest BCUT2D eigenvalue weighted by Gasteiger charge is -2.23. The van der Waals surface area contributed by atoms with Crippen LogP contribution in [0.1, 0.15) is 12.5 Å². The van der Waals surface area contributed by atoms with Crippen LogP contribution >= 0.6 is 0 Å². The number of Topliss-reactive ketones (excluding diaryl/α,β-unsaturated/α-hetero) is 1. The summed E-state index contributed by atoms with van der Waals surface area (Å²) in [6, 6.07) is 15.4. The van der Waals surface area contributed by atoms with Crippen LogP contribution in [-0.2, 0) is 30.5 Å². The third-order valence-electron chi connectivity index (χ3n) is 3.80. The number of nitrogens with one attached hydrogen (secondary N) is 1. The Morgan fingerprint density at radius 2 is 1.57 bits per heavy atom. The molecule has 158 valence electrons. The molecule has 0 saturated heterocycles. The van der Waals surface area contributed by atoms with E-state index in [9.17, 15) is 24.3 Å². The number of hydrogen-bond donors (Lipinski definition) is 2. The average Bonchev–Trinajstić information content (AvgIpc) is 2.74. The molecule has 0 aliphatic carbocycles. The van der Waals surface area contributed by atoms with Crippen molar-refractivity contribution in [1.82, 2.24) is 5.32 Å². The van der Waals surface area contributed by atoms with Crippen molar-refractivity contribution in [3.63, 3.8) is 0 Å². The van der Waals surface area contributed by atoms with Gasteiger partial charge in [-0.2, -0.15) is 0 Å². The molecule has 2 aromatic rings. The standard InChI is InChI=1S/C21H21NO8/c1-14(23)30-19(20(25)26)18(17(24)13-28-16-10-6-3-7-11-16)22-21(27)29-12-15-8-4-2-5-9-15/h2-11,18-19H,12-13H2,1H3,(H,22,27)(H,25,26). The van der Waals surface area contributed by atoms with Gasteiger partial charge in [0, 0.05) is 6.92 Å². The molecule has 2 atom stereocenters. The van der Waals surface area contributed by atoms with E-state index in [1.54, 1.807) is 60.7 Å². The Morgan fingerprint density at radius 1 is 0.967 bits per heavy atom. The quantitative estimate of drug-likeness (QED) is 0.564. The summed E-state index contributed by atoms with van der Waals surface area (Å²) in [6.45, 7) is 0.337. The minimum Gasteiger partial charge on any atom is -0.486 e. The third-order valence-corrected chi connectivity index (χ3v) is 3.80. The van der Waals surface area contributed by atoms with Gasteiger partial charge in [0.15, 0.2) is 5.78 Å². The van der Waals surface area contributed by atoms with Crippen molar-refractivity contribution in [2.75, 3.05) is 6.61 Å². The van der Waals surface area contributed by atoms with Crippen molar-refractivity contribution in [1.29, 1.82) is 0 Å². The molecular formula is C21H21NO8. The van der Waals surface area contributed by atoms with E-state index in [2.05, 4.69) is 5.32 Å². The number of hydrogen-bond acceptors (Lipinski definition) is 7. The van der Waals surface area contributed by atoms with E-state index >= 15 is 0 Å². The first kappa shape index (κ1) is 22.4. The Bertz CT molecular complexity index is 869. The highest BCUT2D eigenvalue weighted by Crippen LogP contribution is 2.10. The zero-order chi connectivity index (χ0) is 21.9. The first-order valence-corrected chi connectivity index (χ1v) is 8.94. The molecule has 0 radical (unpaired) electrons. The van der Waals surface area contributed by atoms with Gasteiger partial charge in [0.1, 0.15) is 25.0 Å². The largest absolute Gasteiger partial charge is 0.486 e. The van der Waals surface area contributed by atoms with Gasteiger partial charge >= 0.3 is 18.0 Å². The zero-order valence-corrected chi connectivity index (χ0v) is 16.1. The van der Waals surface area contributed by atoms with Crippen molar-refractivity contribution in [3.8, 4) is 5.75 Å². The number of carbonyl (C=O) groups is 4. The molecular weight excluding hydrogens is 394 g/mol. The molecule has 9 heteroatoms. The fraction of sp³-hybridized carbons (Fsp3) is 0.238. The van der Waals surface area contributed by atoms with E-state index in [-0.39, 0.29) is 6.61 Å². The van der Waals surface area contributed by atoms with Crippen molar-refractivity contribution >= 4 is 23.8 Å². The summed E-state index contributed by atoms with van der Waals surface area (Å²) < 4.78 is 15.1. The highest BCUT2D eigenvalue weighted by atomic mass is 16.6. The van der Waals surface area contributed by atoms with Crippen LogP contribution in [0.25, 0.3) is 0 Å². The van der Waals surface area contributed by atoms with E-state index in [0.717, 1.165) is 6.92 Å². The Hall–Kier alpha value is -3.88. The number of rotatable bonds is 10. The highest BCUT2D eigenvalue weighted by Gasteiger charge is 2.38. The van der Waals surface area contributed by atoms with Crippen molar-refractivity contribution in [2.24, 2.45) is 0 Å². The summed E-state index contributed by atoms with van der Waals surface area (Å²) in [4.78, 5) is 47.6. The molecule has 0 heterocycles. The van der Waals surface area contributed by atoms with Crippen LogP contribution in [-0.4, -0.2) is 47.7 Å². The first-order chi connectivity index (χ1) is 14.4. The SMILES string of the molecule is CC(=O)OC(C(=O)O)C(NC(=O)OCc1ccccc1)C(=O)COc1ccccc1. The number of carboxylic acid groups (broad SMARTS) is 1. The van der Waals surface area contributed by atoms with Crippen LogP contribution in [0, 0.1) is 0 Å². The number of para-hydroxylation sites is 1. The zero-order valence-electron chi connectivity index (χ0n) is 16.1. The Kier molecular flexibility index (Phi) is 8.37. The van der Waals surface area contributed by atoms with E-state index < -0.39 is 42.6 Å². The molecule has 2 aromatic carbocycles. The third kappa shape index (κ3) is 7.27. The molecule has 30 heavy (non-hydrogen) atoms.